The summed E-state index contributed by atoms with van der Waals surface area (Å²) >= 11 is 0. The average Bonchev–Trinajstić information content (AvgIpc) is 3.28. The molecule has 1 aromatic carbocycles. The second-order valence-electron chi connectivity index (χ2n) is 7.90. The van der Waals surface area contributed by atoms with E-state index in [-0.39, 0.29) is 41.2 Å². The van der Waals surface area contributed by atoms with Crippen molar-refractivity contribution in [2.75, 3.05) is 5.32 Å². The predicted octanol–water partition coefficient (Wildman–Crippen LogP) is 2.38. The molecule has 1 aromatic heterocycles. The van der Waals surface area contributed by atoms with E-state index < -0.39 is 46.9 Å². The SMILES string of the molecule is Cc1c(C(=O)C(=O)NC(C)(C(N)=O)C(F)(F)F)c2n(c1C(=O)Nc1ccc(F)c(F)c1)CCC2. The fourth-order valence-corrected chi connectivity index (χ4v) is 3.75. The minimum Gasteiger partial charge on any atom is -0.367 e. The Balaban J connectivity index is 1.96. The van der Waals surface area contributed by atoms with E-state index in [1.54, 1.807) is 0 Å². The first-order chi connectivity index (χ1) is 15.7. The van der Waals surface area contributed by atoms with Crippen LogP contribution in [-0.4, -0.2) is 39.8 Å². The molecule has 0 radical (unpaired) electrons. The highest BCUT2D eigenvalue weighted by Gasteiger charge is 2.57. The Bertz CT molecular complexity index is 1220. The molecule has 13 heteroatoms. The molecule has 1 aliphatic rings. The molecule has 0 aliphatic carbocycles. The van der Waals surface area contributed by atoms with Gasteiger partial charge < -0.3 is 20.9 Å². The third-order valence-electron chi connectivity index (χ3n) is 5.66. The predicted molar refractivity (Wildman–Crippen MR) is 108 cm³/mol. The molecule has 1 aliphatic heterocycles. The van der Waals surface area contributed by atoms with E-state index in [0.717, 1.165) is 18.2 Å². The van der Waals surface area contributed by atoms with Crippen molar-refractivity contribution in [2.24, 2.45) is 5.73 Å². The molecule has 2 aromatic rings. The molecule has 4 N–H and O–H groups in total. The fraction of sp³-hybridized carbons (Fsp3) is 0.333. The van der Waals surface area contributed by atoms with Crippen molar-refractivity contribution in [1.82, 2.24) is 9.88 Å². The Morgan fingerprint density at radius 3 is 2.29 bits per heavy atom. The Morgan fingerprint density at radius 2 is 1.74 bits per heavy atom. The van der Waals surface area contributed by atoms with Gasteiger partial charge in [-0.05, 0) is 44.4 Å². The van der Waals surface area contributed by atoms with Crippen LogP contribution in [0.3, 0.4) is 0 Å². The van der Waals surface area contributed by atoms with Gasteiger partial charge in [-0.1, -0.05) is 0 Å². The number of halogens is 5. The van der Waals surface area contributed by atoms with E-state index in [1.807, 2.05) is 0 Å². The van der Waals surface area contributed by atoms with Crippen molar-refractivity contribution in [1.29, 1.82) is 0 Å². The maximum Gasteiger partial charge on any atom is 0.420 e. The number of nitrogens with one attached hydrogen (secondary N) is 2. The molecule has 1 unspecified atom stereocenters. The molecule has 0 fully saturated rings. The number of alkyl halides is 3. The lowest BCUT2D eigenvalue weighted by Crippen LogP contribution is -2.65. The van der Waals surface area contributed by atoms with Crippen LogP contribution in [0, 0.1) is 18.6 Å². The van der Waals surface area contributed by atoms with E-state index in [2.05, 4.69) is 5.32 Å². The van der Waals surface area contributed by atoms with E-state index in [9.17, 15) is 41.1 Å². The number of amides is 3. The summed E-state index contributed by atoms with van der Waals surface area (Å²) < 4.78 is 68.0. The number of anilines is 1. The third-order valence-corrected chi connectivity index (χ3v) is 5.66. The number of fused-ring (bicyclic) bond motifs is 1. The largest absolute Gasteiger partial charge is 0.420 e. The quantitative estimate of drug-likeness (QED) is 0.330. The first-order valence-corrected chi connectivity index (χ1v) is 9.91. The zero-order valence-corrected chi connectivity index (χ0v) is 17.9. The highest BCUT2D eigenvalue weighted by Crippen LogP contribution is 2.32. The van der Waals surface area contributed by atoms with Crippen molar-refractivity contribution < 1.29 is 41.1 Å². The van der Waals surface area contributed by atoms with E-state index in [0.29, 0.717) is 13.3 Å². The van der Waals surface area contributed by atoms with Crippen molar-refractivity contribution in [3.8, 4) is 0 Å². The molecular formula is C21H19F5N4O4. The second-order valence-corrected chi connectivity index (χ2v) is 7.90. The molecule has 3 amide bonds. The van der Waals surface area contributed by atoms with Crippen LogP contribution in [0.1, 0.15) is 45.4 Å². The topological polar surface area (TPSA) is 123 Å². The summed E-state index contributed by atoms with van der Waals surface area (Å²) in [7, 11) is 0. The molecule has 1 atom stereocenters. The minimum absolute atomic E-state index is 0.00252. The lowest BCUT2D eigenvalue weighted by molar-refractivity contribution is -0.194. The third kappa shape index (κ3) is 4.13. The Labute approximate surface area is 189 Å². The van der Waals surface area contributed by atoms with Gasteiger partial charge in [-0.2, -0.15) is 13.2 Å². The summed E-state index contributed by atoms with van der Waals surface area (Å²) in [4.78, 5) is 49.6. The smallest absolute Gasteiger partial charge is 0.367 e. The first kappa shape index (κ1) is 24.9. The number of hydrogen-bond donors (Lipinski definition) is 3. The van der Waals surface area contributed by atoms with Crippen LogP contribution >= 0.6 is 0 Å². The van der Waals surface area contributed by atoms with Crippen molar-refractivity contribution in [3.63, 3.8) is 0 Å². The van der Waals surface area contributed by atoms with Gasteiger partial charge in [0.15, 0.2) is 11.6 Å². The minimum atomic E-state index is -5.28. The van der Waals surface area contributed by atoms with Crippen LogP contribution in [0.4, 0.5) is 27.6 Å². The first-order valence-electron chi connectivity index (χ1n) is 9.91. The number of carbonyl (C=O) groups is 4. The maximum atomic E-state index is 13.5. The number of Topliss-reactive ketones (excluding diaryl/α,β-unsaturated/α-hetero) is 1. The molecular weight excluding hydrogens is 467 g/mol. The molecule has 0 spiro atoms. The van der Waals surface area contributed by atoms with Crippen molar-refractivity contribution >= 4 is 29.2 Å². The van der Waals surface area contributed by atoms with Crippen LogP contribution in [0.15, 0.2) is 18.2 Å². The Hall–Kier alpha value is -3.77. The van der Waals surface area contributed by atoms with Gasteiger partial charge in [0.25, 0.3) is 23.5 Å². The van der Waals surface area contributed by atoms with Gasteiger partial charge in [-0.15, -0.1) is 0 Å². The Morgan fingerprint density at radius 1 is 1.09 bits per heavy atom. The molecule has 34 heavy (non-hydrogen) atoms. The van der Waals surface area contributed by atoms with Gasteiger partial charge in [0, 0.05) is 24.0 Å². The standard InChI is InChI=1S/C21H19F5N4O4/c1-9-14(16(31)18(33)29-20(2,19(27)34)21(24,25)26)13-4-3-7-30(13)15(9)17(32)28-10-5-6-11(22)12(23)8-10/h5-6,8H,3-4,7H2,1-2H3,(H2,27,34)(H,28,32)(H,29,33). The summed E-state index contributed by atoms with van der Waals surface area (Å²) in [6.07, 6.45) is -4.55. The number of primary amides is 1. The van der Waals surface area contributed by atoms with Gasteiger partial charge in [-0.25, -0.2) is 8.78 Å². The number of nitrogens with zero attached hydrogens (tertiary/aromatic N) is 1. The number of rotatable bonds is 6. The molecule has 8 nitrogen and oxygen atoms in total. The highest BCUT2D eigenvalue weighted by molar-refractivity contribution is 6.44. The van der Waals surface area contributed by atoms with Crippen LogP contribution in [0.2, 0.25) is 0 Å². The molecule has 2 heterocycles. The molecule has 182 valence electrons. The summed E-state index contributed by atoms with van der Waals surface area (Å²) in [6, 6.07) is 2.66. The van der Waals surface area contributed by atoms with Crippen molar-refractivity contribution in [2.45, 2.75) is 44.9 Å². The summed E-state index contributed by atoms with van der Waals surface area (Å²) in [5, 5.41) is 3.73. The Kier molecular flexibility index (Phi) is 6.24. The number of benzene rings is 1. The van der Waals surface area contributed by atoms with Crippen LogP contribution in [-0.2, 0) is 22.6 Å². The monoisotopic (exact) mass is 486 g/mol. The van der Waals surface area contributed by atoms with Gasteiger partial charge in [0.1, 0.15) is 5.69 Å². The molecule has 0 saturated carbocycles. The highest BCUT2D eigenvalue weighted by atomic mass is 19.4. The lowest BCUT2D eigenvalue weighted by Gasteiger charge is -2.29. The van der Waals surface area contributed by atoms with E-state index >= 15 is 0 Å². The normalized spacial score (nSPS) is 14.8. The summed E-state index contributed by atoms with van der Waals surface area (Å²) in [5.41, 5.74) is 1.14. The zero-order valence-electron chi connectivity index (χ0n) is 17.9. The number of aromatic nitrogens is 1. The van der Waals surface area contributed by atoms with Gasteiger partial charge in [0.2, 0.25) is 5.54 Å². The average molecular weight is 486 g/mol. The lowest BCUT2D eigenvalue weighted by atomic mass is 9.98. The summed E-state index contributed by atoms with van der Waals surface area (Å²) in [5.74, 6) is -8.15. The van der Waals surface area contributed by atoms with Gasteiger partial charge in [-0.3, -0.25) is 19.2 Å². The second kappa shape index (κ2) is 8.54. The summed E-state index contributed by atoms with van der Waals surface area (Å²) in [6.45, 7) is 1.93. The molecule has 0 saturated heterocycles. The molecule has 3 rings (SSSR count). The van der Waals surface area contributed by atoms with E-state index in [1.165, 1.54) is 16.8 Å². The molecule has 0 bridgehead atoms. The van der Waals surface area contributed by atoms with E-state index in [4.69, 9.17) is 5.73 Å². The zero-order chi connectivity index (χ0) is 25.6. The van der Waals surface area contributed by atoms with Crippen LogP contribution in [0.25, 0.3) is 0 Å². The number of hydrogen-bond acceptors (Lipinski definition) is 4. The number of carbonyl (C=O) groups excluding carboxylic acids is 4. The van der Waals surface area contributed by atoms with Crippen LogP contribution in [0.5, 0.6) is 0 Å². The number of ketones is 1. The van der Waals surface area contributed by atoms with Crippen molar-refractivity contribution in [3.05, 3.63) is 52.3 Å². The maximum absolute atomic E-state index is 13.5. The van der Waals surface area contributed by atoms with Crippen LogP contribution < -0.4 is 16.4 Å². The van der Waals surface area contributed by atoms with Gasteiger partial charge >= 0.3 is 6.18 Å². The fourth-order valence-electron chi connectivity index (χ4n) is 3.75. The number of nitrogens with two attached hydrogens (primary N) is 1. The van der Waals surface area contributed by atoms with Gasteiger partial charge in [0.05, 0.1) is 5.56 Å².